The molecule has 0 unspecified atom stereocenters. The van der Waals surface area contributed by atoms with Crippen LogP contribution in [0.2, 0.25) is 0 Å². The minimum absolute atomic E-state index is 0.387. The molecule has 1 aliphatic rings. The molecule has 1 N–H and O–H groups in total. The zero-order valence-corrected chi connectivity index (χ0v) is 12.1. The fourth-order valence-corrected chi connectivity index (χ4v) is 2.92. The molecule has 0 aromatic heterocycles. The first-order valence-corrected chi connectivity index (χ1v) is 7.70. The van der Waals surface area contributed by atoms with Crippen molar-refractivity contribution in [1.29, 1.82) is 0 Å². The van der Waals surface area contributed by atoms with Gasteiger partial charge in [-0.2, -0.15) is 0 Å². The first kappa shape index (κ1) is 14.5. The summed E-state index contributed by atoms with van der Waals surface area (Å²) in [7, 11) is 0. The lowest BCUT2D eigenvalue weighted by molar-refractivity contribution is -0.0309. The van der Waals surface area contributed by atoms with E-state index in [0.29, 0.717) is 0 Å². The summed E-state index contributed by atoms with van der Waals surface area (Å²) in [5.41, 5.74) is 0.987. The minimum atomic E-state index is -0.387. The predicted octanol–water partition coefficient (Wildman–Crippen LogP) is 3.59. The molecule has 2 heteroatoms. The Hall–Kier alpha value is -0.860. The number of hydrogen-bond donors (Lipinski definition) is 1. The minimum Gasteiger partial charge on any atom is -0.390 e. The van der Waals surface area contributed by atoms with Crippen LogP contribution in [0.15, 0.2) is 30.3 Å². The smallest absolute Gasteiger partial charge is 0.0672 e. The molecule has 1 aliphatic heterocycles. The van der Waals surface area contributed by atoms with Crippen molar-refractivity contribution < 1.29 is 5.11 Å². The highest BCUT2D eigenvalue weighted by atomic mass is 16.3. The lowest BCUT2D eigenvalue weighted by Crippen LogP contribution is -2.43. The van der Waals surface area contributed by atoms with Gasteiger partial charge in [-0.15, -0.1) is 0 Å². The van der Waals surface area contributed by atoms with E-state index in [4.69, 9.17) is 0 Å². The molecule has 2 rings (SSSR count). The Morgan fingerprint density at radius 2 is 1.79 bits per heavy atom. The first-order chi connectivity index (χ1) is 9.22. The zero-order valence-electron chi connectivity index (χ0n) is 12.1. The van der Waals surface area contributed by atoms with Gasteiger partial charge in [-0.1, -0.05) is 56.5 Å². The van der Waals surface area contributed by atoms with E-state index in [1.54, 1.807) is 0 Å². The summed E-state index contributed by atoms with van der Waals surface area (Å²) in [5, 5.41) is 10.6. The second kappa shape index (κ2) is 7.06. The Balaban J connectivity index is 1.75. The Morgan fingerprint density at radius 3 is 2.42 bits per heavy atom. The molecule has 19 heavy (non-hydrogen) atoms. The van der Waals surface area contributed by atoms with E-state index in [1.807, 2.05) is 0 Å². The number of likely N-dealkylation sites (tertiary alicyclic amines) is 1. The number of rotatable bonds is 6. The number of piperidine rings is 1. The van der Waals surface area contributed by atoms with Crippen molar-refractivity contribution >= 4 is 0 Å². The lowest BCUT2D eigenvalue weighted by atomic mass is 9.86. The van der Waals surface area contributed by atoms with Crippen molar-refractivity contribution in [3.05, 3.63) is 35.9 Å². The van der Waals surface area contributed by atoms with Crippen LogP contribution in [0.5, 0.6) is 0 Å². The van der Waals surface area contributed by atoms with Gasteiger partial charge in [0.15, 0.2) is 0 Å². The second-order valence-electron chi connectivity index (χ2n) is 5.94. The fourth-order valence-electron chi connectivity index (χ4n) is 2.92. The van der Waals surface area contributed by atoms with E-state index in [1.165, 1.54) is 24.8 Å². The SMILES string of the molecule is CCCCCC1(O)CCN(Cc2ccccc2)CC1. The standard InChI is InChI=1S/C17H27NO/c1-2-3-7-10-17(19)11-13-18(14-12-17)15-16-8-5-4-6-9-16/h4-6,8-9,19H,2-3,7,10-15H2,1H3. The van der Waals surface area contributed by atoms with E-state index in [-0.39, 0.29) is 5.60 Å². The van der Waals surface area contributed by atoms with Crippen LogP contribution >= 0.6 is 0 Å². The molecule has 0 bridgehead atoms. The third-order valence-electron chi connectivity index (χ3n) is 4.28. The largest absolute Gasteiger partial charge is 0.390 e. The van der Waals surface area contributed by atoms with Gasteiger partial charge < -0.3 is 5.11 Å². The van der Waals surface area contributed by atoms with Crippen LogP contribution in [0.3, 0.4) is 0 Å². The van der Waals surface area contributed by atoms with E-state index in [0.717, 1.165) is 38.9 Å². The van der Waals surface area contributed by atoms with Gasteiger partial charge in [-0.25, -0.2) is 0 Å². The number of unbranched alkanes of at least 4 members (excludes halogenated alkanes) is 2. The zero-order chi connectivity index (χ0) is 13.6. The molecule has 1 aromatic rings. The monoisotopic (exact) mass is 261 g/mol. The van der Waals surface area contributed by atoms with Gasteiger partial charge in [0.1, 0.15) is 0 Å². The van der Waals surface area contributed by atoms with Gasteiger partial charge in [-0.3, -0.25) is 4.90 Å². The maximum absolute atomic E-state index is 10.6. The third kappa shape index (κ3) is 4.63. The molecule has 0 radical (unpaired) electrons. The molecular formula is C17H27NO. The quantitative estimate of drug-likeness (QED) is 0.791. The highest BCUT2D eigenvalue weighted by Gasteiger charge is 2.31. The molecule has 2 nitrogen and oxygen atoms in total. The normalized spacial score (nSPS) is 19.5. The summed E-state index contributed by atoms with van der Waals surface area (Å²) in [6.45, 7) is 5.29. The van der Waals surface area contributed by atoms with Crippen LogP contribution in [0.4, 0.5) is 0 Å². The summed E-state index contributed by atoms with van der Waals surface area (Å²) < 4.78 is 0. The molecule has 1 fully saturated rings. The molecule has 1 heterocycles. The summed E-state index contributed by atoms with van der Waals surface area (Å²) >= 11 is 0. The van der Waals surface area contributed by atoms with Gasteiger partial charge in [-0.05, 0) is 24.8 Å². The van der Waals surface area contributed by atoms with Crippen molar-refractivity contribution in [1.82, 2.24) is 4.90 Å². The van der Waals surface area contributed by atoms with Gasteiger partial charge in [0.25, 0.3) is 0 Å². The van der Waals surface area contributed by atoms with Crippen molar-refractivity contribution in [2.24, 2.45) is 0 Å². The van der Waals surface area contributed by atoms with E-state index < -0.39 is 0 Å². The Bertz CT molecular complexity index is 355. The molecule has 1 aromatic carbocycles. The van der Waals surface area contributed by atoms with Gasteiger partial charge in [0.2, 0.25) is 0 Å². The molecule has 0 saturated carbocycles. The van der Waals surface area contributed by atoms with Crippen LogP contribution in [0, 0.1) is 0 Å². The van der Waals surface area contributed by atoms with Crippen LogP contribution in [0.1, 0.15) is 51.0 Å². The molecule has 1 saturated heterocycles. The molecule has 0 amide bonds. The van der Waals surface area contributed by atoms with E-state index in [2.05, 4.69) is 42.2 Å². The summed E-state index contributed by atoms with van der Waals surface area (Å²) in [6, 6.07) is 10.6. The van der Waals surface area contributed by atoms with Gasteiger partial charge in [0, 0.05) is 19.6 Å². The lowest BCUT2D eigenvalue weighted by Gasteiger charge is -2.38. The van der Waals surface area contributed by atoms with Gasteiger partial charge >= 0.3 is 0 Å². The van der Waals surface area contributed by atoms with Crippen molar-refractivity contribution in [2.45, 2.75) is 57.6 Å². The number of aliphatic hydroxyl groups is 1. The number of nitrogens with zero attached hydrogens (tertiary/aromatic N) is 1. The number of benzene rings is 1. The summed E-state index contributed by atoms with van der Waals surface area (Å²) in [6.07, 6.45) is 6.51. The molecule has 0 aliphatic carbocycles. The maximum atomic E-state index is 10.6. The first-order valence-electron chi connectivity index (χ1n) is 7.70. The Labute approximate surface area is 117 Å². The average molecular weight is 261 g/mol. The summed E-state index contributed by atoms with van der Waals surface area (Å²) in [5.74, 6) is 0. The van der Waals surface area contributed by atoms with Crippen molar-refractivity contribution in [3.63, 3.8) is 0 Å². The Kier molecular flexibility index (Phi) is 5.41. The second-order valence-corrected chi connectivity index (χ2v) is 5.94. The van der Waals surface area contributed by atoms with Crippen LogP contribution in [0.25, 0.3) is 0 Å². The van der Waals surface area contributed by atoms with Gasteiger partial charge in [0.05, 0.1) is 5.60 Å². The summed E-state index contributed by atoms with van der Waals surface area (Å²) in [4.78, 5) is 2.46. The topological polar surface area (TPSA) is 23.5 Å². The van der Waals surface area contributed by atoms with Crippen LogP contribution in [-0.4, -0.2) is 28.7 Å². The highest BCUT2D eigenvalue weighted by molar-refractivity contribution is 5.14. The molecular weight excluding hydrogens is 234 g/mol. The van der Waals surface area contributed by atoms with Crippen LogP contribution in [-0.2, 0) is 6.54 Å². The molecule has 0 atom stereocenters. The van der Waals surface area contributed by atoms with Crippen LogP contribution < -0.4 is 0 Å². The molecule has 0 spiro atoms. The van der Waals surface area contributed by atoms with E-state index >= 15 is 0 Å². The van der Waals surface area contributed by atoms with Crippen molar-refractivity contribution in [2.75, 3.05) is 13.1 Å². The predicted molar refractivity (Wildman–Crippen MR) is 80.0 cm³/mol. The maximum Gasteiger partial charge on any atom is 0.0672 e. The average Bonchev–Trinajstić information content (AvgIpc) is 2.43. The highest BCUT2D eigenvalue weighted by Crippen LogP contribution is 2.28. The molecule has 106 valence electrons. The Morgan fingerprint density at radius 1 is 1.11 bits per heavy atom. The van der Waals surface area contributed by atoms with Crippen molar-refractivity contribution in [3.8, 4) is 0 Å². The number of hydrogen-bond acceptors (Lipinski definition) is 2. The fraction of sp³-hybridized carbons (Fsp3) is 0.647. The third-order valence-corrected chi connectivity index (χ3v) is 4.28. The van der Waals surface area contributed by atoms with E-state index in [9.17, 15) is 5.11 Å².